The molecule has 10 nitrogen and oxygen atoms in total. The van der Waals surface area contributed by atoms with Gasteiger partial charge >= 0.3 is 7.12 Å². The fourth-order valence-electron chi connectivity index (χ4n) is 6.36. The van der Waals surface area contributed by atoms with Crippen molar-refractivity contribution < 1.29 is 37.8 Å². The molecule has 2 aromatic carbocycles. The summed E-state index contributed by atoms with van der Waals surface area (Å²) in [7, 11) is 5.64. The zero-order valence-electron chi connectivity index (χ0n) is 29.1. The molecule has 1 fully saturated rings. The molecule has 2 aliphatic rings. The molecule has 2 aromatic rings. The molecule has 4 rings (SSSR count). The van der Waals surface area contributed by atoms with Gasteiger partial charge < -0.3 is 38.9 Å². The van der Waals surface area contributed by atoms with Crippen molar-refractivity contribution >= 4 is 18.9 Å². The predicted octanol–water partition coefficient (Wildman–Crippen LogP) is 4.72. The van der Waals surface area contributed by atoms with Gasteiger partial charge in [0.05, 0.1) is 45.6 Å². The van der Waals surface area contributed by atoms with Gasteiger partial charge in [0.25, 0.3) is 0 Å². The third-order valence-electron chi connectivity index (χ3n) is 9.48. The standard InChI is InChI=1S/C35H51BN2O8/c1-21(2)18-27(36-45-34(3,4)35(5,6)46-36)38-33(40)26(19-22-14-12-11-13-15-22)37-32(39)23-16-17-24-25(20-23)29(42-8)31(44-10)30(43-9)28(24)41-7/h11-15,21,23,26-27H,16-20H2,1-10H3,(H,37,39)(H,38,40)/t23?,26-,27?/m0/s1. The van der Waals surface area contributed by atoms with Crippen LogP contribution >= 0.6 is 0 Å². The molecule has 0 radical (unpaired) electrons. The largest absolute Gasteiger partial charge is 0.492 e. The molecule has 0 saturated carbocycles. The van der Waals surface area contributed by atoms with Crippen molar-refractivity contribution in [3.05, 3.63) is 47.0 Å². The minimum atomic E-state index is -0.810. The first-order valence-corrected chi connectivity index (χ1v) is 16.1. The normalized spacial score (nSPS) is 19.5. The summed E-state index contributed by atoms with van der Waals surface area (Å²) in [6.07, 6.45) is 2.52. The number of hydrogen-bond acceptors (Lipinski definition) is 8. The van der Waals surface area contributed by atoms with Crippen LogP contribution in [-0.2, 0) is 38.2 Å². The summed E-state index contributed by atoms with van der Waals surface area (Å²) in [6.45, 7) is 12.2. The second-order valence-electron chi connectivity index (χ2n) is 13.7. The zero-order chi connectivity index (χ0) is 33.8. The summed E-state index contributed by atoms with van der Waals surface area (Å²) < 4.78 is 35.5. The van der Waals surface area contributed by atoms with E-state index in [9.17, 15) is 9.59 Å². The Balaban J connectivity index is 1.59. The molecule has 1 aliphatic carbocycles. The molecule has 1 saturated heterocycles. The van der Waals surface area contributed by atoms with Crippen LogP contribution in [0.3, 0.4) is 0 Å². The van der Waals surface area contributed by atoms with E-state index in [0.29, 0.717) is 55.1 Å². The maximum absolute atomic E-state index is 14.1. The van der Waals surface area contributed by atoms with Crippen LogP contribution in [0, 0.1) is 11.8 Å². The lowest BCUT2D eigenvalue weighted by Gasteiger charge is -2.32. The average Bonchev–Trinajstić information content (AvgIpc) is 3.24. The molecule has 11 heteroatoms. The number of rotatable bonds is 13. The van der Waals surface area contributed by atoms with Crippen LogP contribution in [0.5, 0.6) is 23.0 Å². The summed E-state index contributed by atoms with van der Waals surface area (Å²) in [6, 6.07) is 8.89. The van der Waals surface area contributed by atoms with Crippen LogP contribution in [0.15, 0.2) is 30.3 Å². The summed E-state index contributed by atoms with van der Waals surface area (Å²) >= 11 is 0. The van der Waals surface area contributed by atoms with Gasteiger partial charge in [0.2, 0.25) is 23.3 Å². The smallest absolute Gasteiger partial charge is 0.481 e. The third-order valence-corrected chi connectivity index (χ3v) is 9.48. The monoisotopic (exact) mass is 638 g/mol. The molecule has 2 N–H and O–H groups in total. The van der Waals surface area contributed by atoms with Crippen molar-refractivity contribution in [2.75, 3.05) is 28.4 Å². The number of carbonyl (C=O) groups excluding carboxylic acids is 2. The predicted molar refractivity (Wildman–Crippen MR) is 178 cm³/mol. The quantitative estimate of drug-likeness (QED) is 0.304. The van der Waals surface area contributed by atoms with Gasteiger partial charge in [0.1, 0.15) is 6.04 Å². The Morgan fingerprint density at radius 2 is 1.39 bits per heavy atom. The molecule has 2 unspecified atom stereocenters. The Morgan fingerprint density at radius 3 is 1.91 bits per heavy atom. The molecule has 1 heterocycles. The number of methoxy groups -OCH3 is 4. The molecule has 252 valence electrons. The van der Waals surface area contributed by atoms with Gasteiger partial charge in [-0.15, -0.1) is 0 Å². The van der Waals surface area contributed by atoms with Gasteiger partial charge in [0.15, 0.2) is 11.5 Å². The van der Waals surface area contributed by atoms with Crippen LogP contribution in [-0.4, -0.2) is 70.6 Å². The van der Waals surface area contributed by atoms with Crippen LogP contribution in [0.4, 0.5) is 0 Å². The average molecular weight is 639 g/mol. The second kappa shape index (κ2) is 14.5. The van der Waals surface area contributed by atoms with E-state index in [0.717, 1.165) is 16.7 Å². The van der Waals surface area contributed by atoms with Gasteiger partial charge in [-0.1, -0.05) is 44.2 Å². The molecule has 3 atom stereocenters. The zero-order valence-corrected chi connectivity index (χ0v) is 29.1. The van der Waals surface area contributed by atoms with E-state index in [1.54, 1.807) is 28.4 Å². The van der Waals surface area contributed by atoms with Gasteiger partial charge in [-0.05, 0) is 64.9 Å². The summed E-state index contributed by atoms with van der Waals surface area (Å²) in [5, 5.41) is 6.30. The first kappa shape index (κ1) is 35.4. The lowest BCUT2D eigenvalue weighted by molar-refractivity contribution is -0.131. The number of amides is 2. The van der Waals surface area contributed by atoms with Crippen molar-refractivity contribution in [1.82, 2.24) is 10.6 Å². The van der Waals surface area contributed by atoms with E-state index in [4.69, 9.17) is 28.3 Å². The third kappa shape index (κ3) is 7.41. The van der Waals surface area contributed by atoms with Crippen molar-refractivity contribution in [3.8, 4) is 23.0 Å². The Kier molecular flexibility index (Phi) is 11.2. The minimum absolute atomic E-state index is 0.200. The number of ether oxygens (including phenoxy) is 4. The highest BCUT2D eigenvalue weighted by atomic mass is 16.7. The fraction of sp³-hybridized carbons (Fsp3) is 0.600. The fourth-order valence-corrected chi connectivity index (χ4v) is 6.36. The van der Waals surface area contributed by atoms with Crippen LogP contribution in [0.1, 0.15) is 71.1 Å². The van der Waals surface area contributed by atoms with Crippen LogP contribution in [0.2, 0.25) is 0 Å². The SMILES string of the molecule is COc1c2c(c(OC)c(OC)c1OC)CC(C(=O)N[C@@H](Cc1ccccc1)C(=O)NC(CC(C)C)B1OC(C)(C)C(C)(C)O1)CC2. The van der Waals surface area contributed by atoms with Gasteiger partial charge in [0, 0.05) is 23.5 Å². The van der Waals surface area contributed by atoms with E-state index in [1.807, 2.05) is 58.0 Å². The topological polar surface area (TPSA) is 114 Å². The van der Waals surface area contributed by atoms with Gasteiger partial charge in [-0.2, -0.15) is 0 Å². The lowest BCUT2D eigenvalue weighted by atomic mass is 9.73. The molecular formula is C35H51BN2O8. The summed E-state index contributed by atoms with van der Waals surface area (Å²) in [5.74, 6) is 0.973. The van der Waals surface area contributed by atoms with Crippen LogP contribution in [0.25, 0.3) is 0 Å². The molecule has 2 amide bonds. The van der Waals surface area contributed by atoms with E-state index in [1.165, 1.54) is 0 Å². The van der Waals surface area contributed by atoms with E-state index in [2.05, 4.69) is 24.5 Å². The Morgan fingerprint density at radius 1 is 0.848 bits per heavy atom. The van der Waals surface area contributed by atoms with E-state index in [-0.39, 0.29) is 17.7 Å². The Hall–Kier alpha value is -3.44. The molecule has 0 bridgehead atoms. The number of hydrogen-bond donors (Lipinski definition) is 2. The number of benzene rings is 2. The minimum Gasteiger partial charge on any atom is -0.492 e. The van der Waals surface area contributed by atoms with E-state index >= 15 is 0 Å². The number of carbonyl (C=O) groups is 2. The maximum atomic E-state index is 14.1. The van der Waals surface area contributed by atoms with Gasteiger partial charge in [-0.3, -0.25) is 9.59 Å². The Bertz CT molecular complexity index is 1340. The van der Waals surface area contributed by atoms with Crippen LogP contribution < -0.4 is 29.6 Å². The molecule has 1 aliphatic heterocycles. The highest BCUT2D eigenvalue weighted by Gasteiger charge is 2.54. The highest BCUT2D eigenvalue weighted by molar-refractivity contribution is 6.48. The number of fused-ring (bicyclic) bond motifs is 1. The van der Waals surface area contributed by atoms with Gasteiger partial charge in [-0.25, -0.2) is 0 Å². The van der Waals surface area contributed by atoms with E-state index < -0.39 is 36.2 Å². The van der Waals surface area contributed by atoms with Crippen molar-refractivity contribution in [2.45, 2.75) is 96.8 Å². The van der Waals surface area contributed by atoms with Crippen molar-refractivity contribution in [2.24, 2.45) is 11.8 Å². The summed E-state index contributed by atoms with van der Waals surface area (Å²) in [5.41, 5.74) is 1.63. The lowest BCUT2D eigenvalue weighted by Crippen LogP contribution is -2.56. The second-order valence-corrected chi connectivity index (χ2v) is 13.7. The number of nitrogens with one attached hydrogen (secondary N) is 2. The van der Waals surface area contributed by atoms with Crippen molar-refractivity contribution in [3.63, 3.8) is 0 Å². The molecular weight excluding hydrogens is 587 g/mol. The first-order valence-electron chi connectivity index (χ1n) is 16.1. The summed E-state index contributed by atoms with van der Waals surface area (Å²) in [4.78, 5) is 28.0. The molecule has 46 heavy (non-hydrogen) atoms. The maximum Gasteiger partial charge on any atom is 0.481 e. The molecule has 0 spiro atoms. The van der Waals surface area contributed by atoms with Crippen molar-refractivity contribution in [1.29, 1.82) is 0 Å². The highest BCUT2D eigenvalue weighted by Crippen LogP contribution is 2.52. The molecule has 0 aromatic heterocycles. The first-order chi connectivity index (χ1) is 21.8. The Labute approximate surface area is 274 Å².